The van der Waals surface area contributed by atoms with Crippen LogP contribution in [0.1, 0.15) is 11.3 Å². The Hall–Kier alpha value is -0.730. The Bertz CT molecular complexity index is 439. The fourth-order valence-electron chi connectivity index (χ4n) is 1.32. The second-order valence-corrected chi connectivity index (χ2v) is 6.63. The normalized spacial score (nSPS) is 11.9. The number of amides is 2. The molecule has 1 aromatic rings. The average molecular weight is 367 g/mol. The summed E-state index contributed by atoms with van der Waals surface area (Å²) in [5, 5.41) is 16.0. The molecule has 0 aliphatic rings. The summed E-state index contributed by atoms with van der Waals surface area (Å²) >= 11 is 6.40. The molecular formula is C11H15BrN2O3S2. The molecule has 0 radical (unpaired) electrons. The van der Waals surface area contributed by atoms with Gasteiger partial charge < -0.3 is 15.7 Å². The predicted octanol–water partition coefficient (Wildman–Crippen LogP) is 2.52. The zero-order valence-electron chi connectivity index (χ0n) is 10.3. The molecule has 106 valence electrons. The Morgan fingerprint density at radius 2 is 2.32 bits per heavy atom. The van der Waals surface area contributed by atoms with Crippen molar-refractivity contribution in [3.63, 3.8) is 0 Å². The highest BCUT2D eigenvalue weighted by molar-refractivity contribution is 9.10. The lowest BCUT2D eigenvalue weighted by atomic mass is 10.2. The first-order chi connectivity index (χ1) is 9.02. The number of halogens is 1. The van der Waals surface area contributed by atoms with E-state index < -0.39 is 18.0 Å². The number of carbonyl (C=O) groups excluding carboxylic acids is 1. The predicted molar refractivity (Wildman–Crippen MR) is 81.8 cm³/mol. The lowest BCUT2D eigenvalue weighted by Gasteiger charge is -2.14. The van der Waals surface area contributed by atoms with Crippen molar-refractivity contribution in [1.82, 2.24) is 10.6 Å². The smallest absolute Gasteiger partial charge is 0.326 e. The molecule has 1 atom stereocenters. The summed E-state index contributed by atoms with van der Waals surface area (Å²) in [5.74, 6) is -0.321. The number of carboxylic acids is 1. The highest BCUT2D eigenvalue weighted by atomic mass is 79.9. The summed E-state index contributed by atoms with van der Waals surface area (Å²) in [6.07, 6.45) is 2.31. The molecule has 0 saturated carbocycles. The first-order valence-electron chi connectivity index (χ1n) is 5.52. The van der Waals surface area contributed by atoms with Crippen molar-refractivity contribution in [2.45, 2.75) is 19.0 Å². The van der Waals surface area contributed by atoms with E-state index in [2.05, 4.69) is 26.6 Å². The van der Waals surface area contributed by atoms with Crippen LogP contribution in [0.3, 0.4) is 0 Å². The molecule has 8 heteroatoms. The summed E-state index contributed by atoms with van der Waals surface area (Å²) < 4.78 is 0.970. The highest BCUT2D eigenvalue weighted by Crippen LogP contribution is 2.19. The maximum absolute atomic E-state index is 11.6. The molecule has 5 nitrogen and oxygen atoms in total. The van der Waals surface area contributed by atoms with Crippen LogP contribution >= 0.6 is 39.0 Å². The van der Waals surface area contributed by atoms with Crippen LogP contribution in [0.15, 0.2) is 15.9 Å². The second kappa shape index (κ2) is 8.44. The number of hydrogen-bond donors (Lipinski definition) is 3. The van der Waals surface area contributed by atoms with Gasteiger partial charge in [0.15, 0.2) is 0 Å². The Morgan fingerprint density at radius 1 is 1.58 bits per heavy atom. The van der Waals surface area contributed by atoms with Crippen molar-refractivity contribution in [2.75, 3.05) is 12.0 Å². The van der Waals surface area contributed by atoms with E-state index in [9.17, 15) is 9.59 Å². The van der Waals surface area contributed by atoms with Gasteiger partial charge >= 0.3 is 12.0 Å². The zero-order chi connectivity index (χ0) is 14.3. The van der Waals surface area contributed by atoms with Crippen LogP contribution in [0.4, 0.5) is 4.79 Å². The SMILES string of the molecule is CSCCC(NC(=O)NCc1cc(Br)cs1)C(=O)O. The summed E-state index contributed by atoms with van der Waals surface area (Å²) in [6.45, 7) is 0.386. The van der Waals surface area contributed by atoms with Crippen LogP contribution in [0.2, 0.25) is 0 Å². The molecule has 0 aliphatic heterocycles. The van der Waals surface area contributed by atoms with Crippen LogP contribution in [-0.4, -0.2) is 35.2 Å². The van der Waals surface area contributed by atoms with E-state index in [0.717, 1.165) is 9.35 Å². The van der Waals surface area contributed by atoms with E-state index in [1.54, 1.807) is 11.8 Å². The topological polar surface area (TPSA) is 78.4 Å². The quantitative estimate of drug-likeness (QED) is 0.692. The number of urea groups is 1. The van der Waals surface area contributed by atoms with Gasteiger partial charge in [-0.3, -0.25) is 0 Å². The number of thioether (sulfide) groups is 1. The number of nitrogens with one attached hydrogen (secondary N) is 2. The summed E-state index contributed by atoms with van der Waals surface area (Å²) in [5.41, 5.74) is 0. The van der Waals surface area contributed by atoms with Gasteiger partial charge in [-0.25, -0.2) is 9.59 Å². The molecule has 1 aromatic heterocycles. The van der Waals surface area contributed by atoms with Crippen molar-refractivity contribution in [1.29, 1.82) is 0 Å². The van der Waals surface area contributed by atoms with Gasteiger partial charge in [0.05, 0.1) is 6.54 Å². The van der Waals surface area contributed by atoms with Gasteiger partial charge in [0.1, 0.15) is 6.04 Å². The molecule has 1 rings (SSSR count). The Balaban J connectivity index is 2.37. The van der Waals surface area contributed by atoms with Crippen LogP contribution in [-0.2, 0) is 11.3 Å². The minimum atomic E-state index is -1.01. The maximum atomic E-state index is 11.6. The lowest BCUT2D eigenvalue weighted by molar-refractivity contribution is -0.139. The van der Waals surface area contributed by atoms with E-state index in [1.165, 1.54) is 11.3 Å². The molecule has 3 N–H and O–H groups in total. The van der Waals surface area contributed by atoms with Crippen molar-refractivity contribution in [3.05, 3.63) is 20.8 Å². The third-order valence-corrected chi connectivity index (χ3v) is 4.60. The van der Waals surface area contributed by atoms with Crippen LogP contribution in [0, 0.1) is 0 Å². The van der Waals surface area contributed by atoms with Gasteiger partial charge in [-0.1, -0.05) is 0 Å². The fraction of sp³-hybridized carbons (Fsp3) is 0.455. The maximum Gasteiger partial charge on any atom is 0.326 e. The Labute approximate surface area is 128 Å². The van der Waals surface area contributed by atoms with E-state index >= 15 is 0 Å². The number of aliphatic carboxylic acids is 1. The van der Waals surface area contributed by atoms with Crippen molar-refractivity contribution < 1.29 is 14.7 Å². The number of thiophene rings is 1. The Kier molecular flexibility index (Phi) is 7.25. The number of hydrogen-bond acceptors (Lipinski definition) is 4. The molecule has 0 bridgehead atoms. The lowest BCUT2D eigenvalue weighted by Crippen LogP contribution is -2.46. The molecule has 0 aromatic carbocycles. The van der Waals surface area contributed by atoms with Crippen LogP contribution in [0.5, 0.6) is 0 Å². The van der Waals surface area contributed by atoms with Gasteiger partial charge in [0.25, 0.3) is 0 Å². The summed E-state index contributed by atoms with van der Waals surface area (Å²) in [7, 11) is 0. The third kappa shape index (κ3) is 6.31. The molecule has 19 heavy (non-hydrogen) atoms. The van der Waals surface area contributed by atoms with Crippen molar-refractivity contribution in [2.24, 2.45) is 0 Å². The van der Waals surface area contributed by atoms with E-state index in [4.69, 9.17) is 5.11 Å². The number of carbonyl (C=O) groups is 2. The standard InChI is InChI=1S/C11H15BrN2O3S2/c1-18-3-2-9(10(15)16)14-11(17)13-5-8-4-7(12)6-19-8/h4,6,9H,2-3,5H2,1H3,(H,15,16)(H2,13,14,17). The van der Waals surface area contributed by atoms with Crippen molar-refractivity contribution >= 4 is 51.0 Å². The summed E-state index contributed by atoms with van der Waals surface area (Å²) in [4.78, 5) is 23.6. The number of rotatable bonds is 7. The molecule has 0 saturated heterocycles. The molecule has 0 aliphatic carbocycles. The van der Waals surface area contributed by atoms with Gasteiger partial charge in [-0.15, -0.1) is 11.3 Å². The van der Waals surface area contributed by atoms with Gasteiger partial charge in [-0.2, -0.15) is 11.8 Å². The second-order valence-electron chi connectivity index (χ2n) is 3.73. The molecule has 1 heterocycles. The first kappa shape index (κ1) is 16.3. The summed E-state index contributed by atoms with van der Waals surface area (Å²) in [6, 6.07) is 0.605. The van der Waals surface area contributed by atoms with Gasteiger partial charge in [-0.05, 0) is 40.4 Å². The monoisotopic (exact) mass is 366 g/mol. The van der Waals surface area contributed by atoms with E-state index in [-0.39, 0.29) is 0 Å². The van der Waals surface area contributed by atoms with Gasteiger partial charge in [0, 0.05) is 14.7 Å². The number of carboxylic acid groups (broad SMARTS) is 1. The minimum Gasteiger partial charge on any atom is -0.480 e. The van der Waals surface area contributed by atoms with Crippen LogP contribution < -0.4 is 10.6 Å². The van der Waals surface area contributed by atoms with E-state index in [0.29, 0.717) is 18.7 Å². The van der Waals surface area contributed by atoms with E-state index in [1.807, 2.05) is 17.7 Å². The molecule has 0 spiro atoms. The fourth-order valence-corrected chi connectivity index (χ4v) is 3.18. The van der Waals surface area contributed by atoms with Crippen molar-refractivity contribution in [3.8, 4) is 0 Å². The van der Waals surface area contributed by atoms with Gasteiger partial charge in [0.2, 0.25) is 0 Å². The third-order valence-electron chi connectivity index (χ3n) is 2.26. The largest absolute Gasteiger partial charge is 0.480 e. The zero-order valence-corrected chi connectivity index (χ0v) is 13.5. The molecule has 2 amide bonds. The molecule has 1 unspecified atom stereocenters. The first-order valence-corrected chi connectivity index (χ1v) is 8.58. The molecule has 0 fully saturated rings. The molecular weight excluding hydrogens is 352 g/mol. The highest BCUT2D eigenvalue weighted by Gasteiger charge is 2.19. The van der Waals surface area contributed by atoms with Crippen LogP contribution in [0.25, 0.3) is 0 Å². The Morgan fingerprint density at radius 3 is 2.84 bits per heavy atom. The average Bonchev–Trinajstić information content (AvgIpc) is 2.77. The minimum absolute atomic E-state index is 0.386.